The van der Waals surface area contributed by atoms with Crippen molar-refractivity contribution in [2.24, 2.45) is 0 Å². The predicted octanol–water partition coefficient (Wildman–Crippen LogP) is 3.51. The largest absolute Gasteiger partial charge is 0.468 e. The van der Waals surface area contributed by atoms with Crippen LogP contribution >= 0.6 is 11.8 Å². The average Bonchev–Trinajstić information content (AvgIpc) is 2.81. The predicted molar refractivity (Wildman–Crippen MR) is 68.8 cm³/mol. The van der Waals surface area contributed by atoms with Crippen molar-refractivity contribution in [3.8, 4) is 0 Å². The zero-order chi connectivity index (χ0) is 12.4. The fourth-order valence-electron chi connectivity index (χ4n) is 1.76. The summed E-state index contributed by atoms with van der Waals surface area (Å²) in [7, 11) is 0. The van der Waals surface area contributed by atoms with Gasteiger partial charge >= 0.3 is 0 Å². The molecule has 0 aliphatic carbocycles. The molecule has 0 atom stereocenters. The maximum atomic E-state index is 12.0. The van der Waals surface area contributed by atoms with Crippen LogP contribution in [0.3, 0.4) is 0 Å². The molecule has 2 aromatic heterocycles. The number of hydrogen-bond acceptors (Lipinski definition) is 3. The highest BCUT2D eigenvalue weighted by Gasteiger charge is 2.13. The van der Waals surface area contributed by atoms with E-state index < -0.39 is 0 Å². The van der Waals surface area contributed by atoms with Gasteiger partial charge < -0.3 is 9.40 Å². The van der Waals surface area contributed by atoms with Crippen LogP contribution in [0, 0.1) is 20.8 Å². The van der Waals surface area contributed by atoms with E-state index in [2.05, 4.69) is 4.98 Å². The Hall–Kier alpha value is -1.42. The number of rotatable bonds is 4. The molecule has 3 nitrogen and oxygen atoms in total. The SMILES string of the molecule is Cc1cc(C(=O)CSc2ccoc2C)c(C)[nH]1. The van der Waals surface area contributed by atoms with Crippen LogP contribution in [-0.4, -0.2) is 16.5 Å². The third-order valence-electron chi connectivity index (χ3n) is 2.62. The van der Waals surface area contributed by atoms with Crippen molar-refractivity contribution in [2.75, 3.05) is 5.75 Å². The molecule has 0 saturated carbocycles. The molecule has 0 fully saturated rings. The van der Waals surface area contributed by atoms with Crippen molar-refractivity contribution in [1.29, 1.82) is 0 Å². The molecule has 17 heavy (non-hydrogen) atoms. The zero-order valence-corrected chi connectivity index (χ0v) is 11.0. The molecule has 2 aromatic rings. The van der Waals surface area contributed by atoms with Crippen LogP contribution in [0.25, 0.3) is 0 Å². The molecule has 0 aliphatic heterocycles. The van der Waals surface area contributed by atoms with Gasteiger partial charge in [0.2, 0.25) is 0 Å². The summed E-state index contributed by atoms with van der Waals surface area (Å²) in [5.41, 5.74) is 2.75. The van der Waals surface area contributed by atoms with Crippen LogP contribution in [0.2, 0.25) is 0 Å². The highest BCUT2D eigenvalue weighted by Crippen LogP contribution is 2.24. The minimum Gasteiger partial charge on any atom is -0.468 e. The summed E-state index contributed by atoms with van der Waals surface area (Å²) in [4.78, 5) is 16.2. The maximum absolute atomic E-state index is 12.0. The van der Waals surface area contributed by atoms with Crippen LogP contribution < -0.4 is 0 Å². The van der Waals surface area contributed by atoms with E-state index in [-0.39, 0.29) is 5.78 Å². The molecule has 2 heterocycles. The smallest absolute Gasteiger partial charge is 0.174 e. The van der Waals surface area contributed by atoms with E-state index in [1.165, 1.54) is 11.8 Å². The number of nitrogens with one attached hydrogen (secondary N) is 1. The highest BCUT2D eigenvalue weighted by molar-refractivity contribution is 8.00. The molecule has 0 unspecified atom stereocenters. The van der Waals surface area contributed by atoms with Crippen molar-refractivity contribution in [2.45, 2.75) is 25.7 Å². The first-order chi connectivity index (χ1) is 8.08. The Kier molecular flexibility index (Phi) is 3.43. The van der Waals surface area contributed by atoms with E-state index in [1.54, 1.807) is 6.26 Å². The Balaban J connectivity index is 2.03. The summed E-state index contributed by atoms with van der Waals surface area (Å²) in [6.45, 7) is 5.78. The average molecular weight is 249 g/mol. The second-order valence-corrected chi connectivity index (χ2v) is 5.06. The second kappa shape index (κ2) is 4.84. The number of hydrogen-bond donors (Lipinski definition) is 1. The van der Waals surface area contributed by atoms with Crippen molar-refractivity contribution < 1.29 is 9.21 Å². The fraction of sp³-hybridized carbons (Fsp3) is 0.308. The number of carbonyl (C=O) groups is 1. The van der Waals surface area contributed by atoms with Gasteiger partial charge in [-0.25, -0.2) is 0 Å². The number of aryl methyl sites for hydroxylation is 3. The Morgan fingerprint density at radius 1 is 1.41 bits per heavy atom. The lowest BCUT2D eigenvalue weighted by molar-refractivity contribution is 0.102. The molecule has 0 bridgehead atoms. The van der Waals surface area contributed by atoms with Gasteiger partial charge in [-0.05, 0) is 32.9 Å². The zero-order valence-electron chi connectivity index (χ0n) is 10.2. The lowest BCUT2D eigenvalue weighted by Gasteiger charge is -1.99. The summed E-state index contributed by atoms with van der Waals surface area (Å²) < 4.78 is 5.19. The van der Waals surface area contributed by atoms with Gasteiger partial charge in [0.1, 0.15) is 5.76 Å². The standard InChI is InChI=1S/C13H15NO2S/c1-8-6-11(9(2)14-8)12(15)7-17-13-4-5-16-10(13)3/h4-6,14H,7H2,1-3H3. The number of carbonyl (C=O) groups excluding carboxylic acids is 1. The first kappa shape index (κ1) is 12.0. The van der Waals surface area contributed by atoms with Gasteiger partial charge in [-0.3, -0.25) is 4.79 Å². The van der Waals surface area contributed by atoms with Gasteiger partial charge in [0.05, 0.1) is 12.0 Å². The highest BCUT2D eigenvalue weighted by atomic mass is 32.2. The Bertz CT molecular complexity index is 539. The summed E-state index contributed by atoms with van der Waals surface area (Å²) >= 11 is 1.52. The molecule has 2 rings (SSSR count). The van der Waals surface area contributed by atoms with E-state index in [4.69, 9.17) is 4.42 Å². The molecule has 0 spiro atoms. The molecule has 1 N–H and O–H groups in total. The molecule has 0 saturated heterocycles. The van der Waals surface area contributed by atoms with Crippen molar-refractivity contribution >= 4 is 17.5 Å². The molecule has 90 valence electrons. The topological polar surface area (TPSA) is 46.0 Å². The van der Waals surface area contributed by atoms with E-state index in [0.717, 1.165) is 27.6 Å². The van der Waals surface area contributed by atoms with E-state index >= 15 is 0 Å². The Morgan fingerprint density at radius 2 is 2.18 bits per heavy atom. The van der Waals surface area contributed by atoms with Gasteiger partial charge in [0, 0.05) is 21.8 Å². The Labute approximate surface area is 105 Å². The van der Waals surface area contributed by atoms with Crippen LogP contribution in [0.4, 0.5) is 0 Å². The maximum Gasteiger partial charge on any atom is 0.174 e. The van der Waals surface area contributed by atoms with Gasteiger partial charge in [0.25, 0.3) is 0 Å². The van der Waals surface area contributed by atoms with E-state index in [9.17, 15) is 4.79 Å². The molecule has 0 aliphatic rings. The molecule has 0 aromatic carbocycles. The number of aromatic nitrogens is 1. The first-order valence-corrected chi connectivity index (χ1v) is 6.43. The van der Waals surface area contributed by atoms with Crippen molar-refractivity contribution in [3.63, 3.8) is 0 Å². The number of H-pyrrole nitrogens is 1. The number of aromatic amines is 1. The third-order valence-corrected chi connectivity index (χ3v) is 3.76. The van der Waals surface area contributed by atoms with Crippen LogP contribution in [-0.2, 0) is 0 Å². The van der Waals surface area contributed by atoms with Gasteiger partial charge in [0.15, 0.2) is 5.78 Å². The lowest BCUT2D eigenvalue weighted by Crippen LogP contribution is -2.02. The summed E-state index contributed by atoms with van der Waals surface area (Å²) in [5.74, 6) is 1.46. The lowest BCUT2D eigenvalue weighted by atomic mass is 10.2. The minimum absolute atomic E-state index is 0.150. The Morgan fingerprint density at radius 3 is 2.71 bits per heavy atom. The fourth-order valence-corrected chi connectivity index (χ4v) is 2.60. The molecular formula is C13H15NO2S. The number of ketones is 1. The van der Waals surface area contributed by atoms with Crippen LogP contribution in [0.5, 0.6) is 0 Å². The van der Waals surface area contributed by atoms with Crippen LogP contribution in [0.15, 0.2) is 27.7 Å². The first-order valence-electron chi connectivity index (χ1n) is 5.44. The minimum atomic E-state index is 0.150. The van der Waals surface area contributed by atoms with Gasteiger partial charge in [-0.2, -0.15) is 0 Å². The number of Topliss-reactive ketones (excluding diaryl/α,β-unsaturated/α-hetero) is 1. The quantitative estimate of drug-likeness (QED) is 0.666. The molecular weight excluding hydrogens is 234 g/mol. The normalized spacial score (nSPS) is 10.8. The number of thioether (sulfide) groups is 1. The molecule has 0 amide bonds. The molecule has 0 radical (unpaired) electrons. The van der Waals surface area contributed by atoms with Gasteiger partial charge in [-0.1, -0.05) is 0 Å². The monoisotopic (exact) mass is 249 g/mol. The summed E-state index contributed by atoms with van der Waals surface area (Å²) in [6.07, 6.45) is 1.65. The number of furan rings is 1. The molecule has 4 heteroatoms. The summed E-state index contributed by atoms with van der Waals surface area (Å²) in [6, 6.07) is 3.79. The summed E-state index contributed by atoms with van der Waals surface area (Å²) in [5, 5.41) is 0. The van der Waals surface area contributed by atoms with E-state index in [0.29, 0.717) is 5.75 Å². The third kappa shape index (κ3) is 2.64. The van der Waals surface area contributed by atoms with E-state index in [1.807, 2.05) is 32.9 Å². The van der Waals surface area contributed by atoms with Gasteiger partial charge in [-0.15, -0.1) is 11.8 Å². The van der Waals surface area contributed by atoms with Crippen LogP contribution in [0.1, 0.15) is 27.5 Å². The van der Waals surface area contributed by atoms with Crippen molar-refractivity contribution in [1.82, 2.24) is 4.98 Å². The van der Waals surface area contributed by atoms with Crippen molar-refractivity contribution in [3.05, 3.63) is 41.1 Å². The second-order valence-electron chi connectivity index (χ2n) is 4.04.